The molecule has 7 rings (SSSR count). The van der Waals surface area contributed by atoms with E-state index in [2.05, 4.69) is 134 Å². The molecular formula is C43H46N2O. The number of aryl methyl sites for hydroxylation is 3. The van der Waals surface area contributed by atoms with Gasteiger partial charge in [0.1, 0.15) is 5.75 Å². The van der Waals surface area contributed by atoms with Crippen molar-refractivity contribution in [2.45, 2.75) is 79.3 Å². The van der Waals surface area contributed by atoms with E-state index in [0.717, 1.165) is 31.7 Å². The zero-order chi connectivity index (χ0) is 31.6. The lowest BCUT2D eigenvalue weighted by Crippen LogP contribution is -2.01. The largest absolute Gasteiger partial charge is 0.492 e. The Morgan fingerprint density at radius 1 is 0.500 bits per heavy atom. The Kier molecular flexibility index (Phi) is 8.58. The van der Waals surface area contributed by atoms with Crippen LogP contribution in [0.15, 0.2) is 97.1 Å². The van der Waals surface area contributed by atoms with Crippen molar-refractivity contribution in [3.8, 4) is 28.0 Å². The van der Waals surface area contributed by atoms with Crippen LogP contribution in [0.25, 0.3) is 65.9 Å². The van der Waals surface area contributed by atoms with Crippen molar-refractivity contribution in [1.82, 2.24) is 9.13 Å². The molecule has 0 bridgehead atoms. The lowest BCUT2D eigenvalue weighted by atomic mass is 9.93. The number of ether oxygens (including phenoxy) is 1. The number of aromatic nitrogens is 2. The number of unbranched alkanes of at least 4 members (excludes halogenated alkanes) is 3. The number of hydrogen-bond donors (Lipinski definition) is 0. The molecule has 2 aromatic heterocycles. The minimum absolute atomic E-state index is 0.705. The number of hydrogen-bond acceptors (Lipinski definition) is 1. The molecule has 2 heterocycles. The summed E-state index contributed by atoms with van der Waals surface area (Å²) >= 11 is 0. The Morgan fingerprint density at radius 3 is 1.43 bits per heavy atom. The first-order chi connectivity index (χ1) is 22.6. The fraction of sp³-hybridized carbons (Fsp3) is 0.302. The molecule has 0 atom stereocenters. The number of fused-ring (bicyclic) bond motifs is 6. The van der Waals surface area contributed by atoms with Gasteiger partial charge in [0, 0.05) is 67.8 Å². The lowest BCUT2D eigenvalue weighted by molar-refractivity contribution is 0.312. The van der Waals surface area contributed by atoms with E-state index in [1.807, 2.05) is 0 Å². The quantitative estimate of drug-likeness (QED) is 0.127. The van der Waals surface area contributed by atoms with Gasteiger partial charge in [-0.3, -0.25) is 0 Å². The van der Waals surface area contributed by atoms with Gasteiger partial charge in [0.05, 0.1) is 6.61 Å². The highest BCUT2D eigenvalue weighted by molar-refractivity contribution is 6.11. The van der Waals surface area contributed by atoms with Gasteiger partial charge in [-0.05, 0) is 91.4 Å². The van der Waals surface area contributed by atoms with Crippen LogP contribution in [0, 0.1) is 6.92 Å². The second-order valence-corrected chi connectivity index (χ2v) is 12.9. The van der Waals surface area contributed by atoms with Gasteiger partial charge in [-0.25, -0.2) is 0 Å². The fourth-order valence-corrected chi connectivity index (χ4v) is 7.23. The molecule has 0 aliphatic heterocycles. The maximum absolute atomic E-state index is 6.78. The third-order valence-corrected chi connectivity index (χ3v) is 9.61. The van der Waals surface area contributed by atoms with Crippen LogP contribution >= 0.6 is 0 Å². The number of benzene rings is 5. The fourth-order valence-electron chi connectivity index (χ4n) is 7.23. The van der Waals surface area contributed by atoms with Gasteiger partial charge in [0.25, 0.3) is 0 Å². The molecule has 0 aliphatic rings. The molecule has 0 aliphatic carbocycles. The highest BCUT2D eigenvalue weighted by atomic mass is 16.5. The molecule has 234 valence electrons. The number of nitrogens with zero attached hydrogens (tertiary/aromatic N) is 2. The molecule has 3 heteroatoms. The highest BCUT2D eigenvalue weighted by Gasteiger charge is 2.19. The summed E-state index contributed by atoms with van der Waals surface area (Å²) in [5.41, 5.74) is 11.3. The second-order valence-electron chi connectivity index (χ2n) is 12.9. The lowest BCUT2D eigenvalue weighted by Gasteiger charge is -2.18. The van der Waals surface area contributed by atoms with E-state index in [1.165, 1.54) is 97.1 Å². The second kappa shape index (κ2) is 13.1. The smallest absolute Gasteiger partial charge is 0.134 e. The summed E-state index contributed by atoms with van der Waals surface area (Å²) in [6.45, 7) is 11.8. The molecule has 0 fully saturated rings. The van der Waals surface area contributed by atoms with Gasteiger partial charge in [0.2, 0.25) is 0 Å². The van der Waals surface area contributed by atoms with Gasteiger partial charge in [-0.2, -0.15) is 0 Å². The maximum Gasteiger partial charge on any atom is 0.134 e. The van der Waals surface area contributed by atoms with E-state index in [1.54, 1.807) is 0 Å². The molecule has 46 heavy (non-hydrogen) atoms. The van der Waals surface area contributed by atoms with Crippen molar-refractivity contribution >= 4 is 43.6 Å². The molecule has 0 N–H and O–H groups in total. The van der Waals surface area contributed by atoms with E-state index in [9.17, 15) is 0 Å². The van der Waals surface area contributed by atoms with Gasteiger partial charge in [-0.15, -0.1) is 0 Å². The van der Waals surface area contributed by atoms with Crippen molar-refractivity contribution in [2.75, 3.05) is 6.61 Å². The minimum Gasteiger partial charge on any atom is -0.492 e. The summed E-state index contributed by atoms with van der Waals surface area (Å²) in [4.78, 5) is 0. The molecule has 5 aromatic carbocycles. The standard InChI is InChI=1S/C43H46N2O/c1-5-8-23-44-39-17-13-11-15-33(39)37-28-31(19-21-41(37)44)35-26-30(4)27-36(43(35)46-25-10-7-3)32-20-22-42-38(29-32)34-16-12-14-18-40(34)45(42)24-9-6-2/h11-22,26-29H,5-10,23-25H2,1-4H3. The van der Waals surface area contributed by atoms with Gasteiger partial charge in [-0.1, -0.05) is 88.6 Å². The van der Waals surface area contributed by atoms with Gasteiger partial charge in [0.15, 0.2) is 0 Å². The van der Waals surface area contributed by atoms with Gasteiger partial charge < -0.3 is 13.9 Å². The van der Waals surface area contributed by atoms with Crippen LogP contribution in [0.4, 0.5) is 0 Å². The summed E-state index contributed by atoms with van der Waals surface area (Å²) in [6.07, 6.45) is 6.84. The predicted molar refractivity (Wildman–Crippen MR) is 198 cm³/mol. The Bertz CT molecular complexity index is 2010. The van der Waals surface area contributed by atoms with Crippen molar-refractivity contribution in [3.63, 3.8) is 0 Å². The molecule has 0 spiro atoms. The van der Waals surface area contributed by atoms with Crippen molar-refractivity contribution in [3.05, 3.63) is 103 Å². The predicted octanol–water partition coefficient (Wildman–Crippen LogP) is 12.3. The van der Waals surface area contributed by atoms with Crippen molar-refractivity contribution in [1.29, 1.82) is 0 Å². The molecule has 0 unspecified atom stereocenters. The van der Waals surface area contributed by atoms with E-state index in [4.69, 9.17) is 4.74 Å². The van der Waals surface area contributed by atoms with Crippen LogP contribution in [-0.2, 0) is 13.1 Å². The molecule has 0 saturated heterocycles. The first-order valence-electron chi connectivity index (χ1n) is 17.4. The van der Waals surface area contributed by atoms with E-state index >= 15 is 0 Å². The Morgan fingerprint density at radius 2 is 0.957 bits per heavy atom. The van der Waals surface area contributed by atoms with E-state index in [-0.39, 0.29) is 0 Å². The van der Waals surface area contributed by atoms with Crippen LogP contribution < -0.4 is 4.74 Å². The van der Waals surface area contributed by atoms with Crippen LogP contribution in [0.1, 0.15) is 64.9 Å². The van der Waals surface area contributed by atoms with Gasteiger partial charge >= 0.3 is 0 Å². The van der Waals surface area contributed by atoms with Crippen LogP contribution in [0.2, 0.25) is 0 Å². The molecule has 0 amide bonds. The van der Waals surface area contributed by atoms with Crippen LogP contribution in [0.5, 0.6) is 5.75 Å². The van der Waals surface area contributed by atoms with Crippen LogP contribution in [-0.4, -0.2) is 15.7 Å². The Balaban J connectivity index is 1.42. The summed E-state index contributed by atoms with van der Waals surface area (Å²) in [6, 6.07) is 36.4. The summed E-state index contributed by atoms with van der Waals surface area (Å²) < 4.78 is 11.8. The molecule has 7 aromatic rings. The first kappa shape index (κ1) is 30.2. The normalized spacial score (nSPS) is 11.8. The SMILES string of the molecule is CCCCOc1c(-c2ccc3c(c2)c2ccccc2n3CCCC)cc(C)cc1-c1ccc2c(c1)c1ccccc1n2CCCC. The van der Waals surface area contributed by atoms with Crippen molar-refractivity contribution in [2.24, 2.45) is 0 Å². The Hall–Kier alpha value is -4.50. The average molecular weight is 607 g/mol. The number of rotatable bonds is 12. The molecular weight excluding hydrogens is 560 g/mol. The first-order valence-corrected chi connectivity index (χ1v) is 17.4. The van der Waals surface area contributed by atoms with Crippen LogP contribution in [0.3, 0.4) is 0 Å². The third kappa shape index (κ3) is 5.36. The van der Waals surface area contributed by atoms with E-state index < -0.39 is 0 Å². The summed E-state index contributed by atoms with van der Waals surface area (Å²) in [5, 5.41) is 5.27. The minimum atomic E-state index is 0.705. The highest BCUT2D eigenvalue weighted by Crippen LogP contribution is 2.44. The molecule has 0 saturated carbocycles. The maximum atomic E-state index is 6.78. The molecule has 0 radical (unpaired) electrons. The zero-order valence-corrected chi connectivity index (χ0v) is 27.9. The van der Waals surface area contributed by atoms with E-state index in [0.29, 0.717) is 6.61 Å². The zero-order valence-electron chi connectivity index (χ0n) is 27.9. The number of para-hydroxylation sites is 2. The summed E-state index contributed by atoms with van der Waals surface area (Å²) in [7, 11) is 0. The van der Waals surface area contributed by atoms with Crippen molar-refractivity contribution < 1.29 is 4.74 Å². The average Bonchev–Trinajstić information content (AvgIpc) is 3.58. The Labute approximate surface area is 273 Å². The third-order valence-electron chi connectivity index (χ3n) is 9.61. The monoisotopic (exact) mass is 606 g/mol. The summed E-state index contributed by atoms with van der Waals surface area (Å²) in [5.74, 6) is 0.988. The topological polar surface area (TPSA) is 19.1 Å². The molecule has 3 nitrogen and oxygen atoms in total.